The number of alkyl carbamates (subject to hydrolysis) is 1. The molecule has 0 aromatic carbocycles. The summed E-state index contributed by atoms with van der Waals surface area (Å²) in [7, 11) is 1.34. The minimum atomic E-state index is -0.449. The summed E-state index contributed by atoms with van der Waals surface area (Å²) >= 11 is 1.55. The zero-order chi connectivity index (χ0) is 24.5. The van der Waals surface area contributed by atoms with Crippen LogP contribution in [0.3, 0.4) is 0 Å². The van der Waals surface area contributed by atoms with Gasteiger partial charge in [-0.3, -0.25) is 4.79 Å². The number of fused-ring (bicyclic) bond motifs is 1. The van der Waals surface area contributed by atoms with Crippen molar-refractivity contribution in [1.29, 1.82) is 0 Å². The van der Waals surface area contributed by atoms with E-state index in [4.69, 9.17) is 4.98 Å². The highest BCUT2D eigenvalue weighted by Gasteiger charge is 2.27. The third kappa shape index (κ3) is 5.14. The smallest absolute Gasteiger partial charge is 0.407 e. The van der Waals surface area contributed by atoms with E-state index in [0.717, 1.165) is 10.4 Å². The Kier molecular flexibility index (Phi) is 6.74. The summed E-state index contributed by atoms with van der Waals surface area (Å²) in [5.41, 5.74) is 1.13. The number of anilines is 1. The number of amides is 2. The normalized spacial score (nSPS) is 15.9. The number of nitrogens with one attached hydrogen (secondary N) is 2. The Labute approximate surface area is 202 Å². The predicted octanol–water partition coefficient (Wildman–Crippen LogP) is 3.66. The van der Waals surface area contributed by atoms with Gasteiger partial charge in [0.2, 0.25) is 0 Å². The van der Waals surface area contributed by atoms with Crippen LogP contribution in [0.15, 0.2) is 23.8 Å². The van der Waals surface area contributed by atoms with Crippen molar-refractivity contribution in [3.05, 3.63) is 29.5 Å². The second-order valence-electron chi connectivity index (χ2n) is 9.61. The van der Waals surface area contributed by atoms with Gasteiger partial charge in [0, 0.05) is 42.8 Å². The van der Waals surface area contributed by atoms with Crippen molar-refractivity contribution in [3.8, 4) is 11.4 Å². The van der Waals surface area contributed by atoms with Crippen LogP contribution in [-0.4, -0.2) is 68.8 Å². The largest absolute Gasteiger partial charge is 0.453 e. The summed E-state index contributed by atoms with van der Waals surface area (Å²) in [4.78, 5) is 37.0. The minimum Gasteiger partial charge on any atom is -0.453 e. The molecule has 34 heavy (non-hydrogen) atoms. The number of nitrogens with zero attached hydrogens (tertiary/aromatic N) is 5. The van der Waals surface area contributed by atoms with Crippen LogP contribution in [0.5, 0.6) is 0 Å². The van der Waals surface area contributed by atoms with Crippen molar-refractivity contribution in [2.45, 2.75) is 52.6 Å². The first kappa shape index (κ1) is 23.9. The number of thiazole rings is 1. The molecule has 0 radical (unpaired) electrons. The summed E-state index contributed by atoms with van der Waals surface area (Å²) in [6.07, 6.45) is 4.48. The molecule has 1 atom stereocenters. The quantitative estimate of drug-likeness (QED) is 0.567. The summed E-state index contributed by atoms with van der Waals surface area (Å²) in [6.45, 7) is 9.60. The minimum absolute atomic E-state index is 0.00252. The van der Waals surface area contributed by atoms with Crippen LogP contribution >= 0.6 is 11.3 Å². The van der Waals surface area contributed by atoms with Crippen LogP contribution < -0.4 is 10.6 Å². The highest BCUT2D eigenvalue weighted by Crippen LogP contribution is 2.28. The summed E-state index contributed by atoms with van der Waals surface area (Å²) in [5, 5.41) is 12.6. The maximum Gasteiger partial charge on any atom is 0.407 e. The van der Waals surface area contributed by atoms with Gasteiger partial charge in [0.15, 0.2) is 5.82 Å². The van der Waals surface area contributed by atoms with Crippen molar-refractivity contribution in [3.63, 3.8) is 0 Å². The first-order valence-electron chi connectivity index (χ1n) is 11.4. The number of hydrogen-bond donors (Lipinski definition) is 2. The molecular weight excluding hydrogens is 454 g/mol. The van der Waals surface area contributed by atoms with E-state index in [2.05, 4.69) is 53.1 Å². The van der Waals surface area contributed by atoms with E-state index in [0.29, 0.717) is 43.3 Å². The fraction of sp³-hybridized carbons (Fsp3) is 0.522. The number of aromatic nitrogens is 4. The van der Waals surface area contributed by atoms with Gasteiger partial charge in [0.1, 0.15) is 16.3 Å². The average Bonchev–Trinajstić information content (AvgIpc) is 3.42. The zero-order valence-corrected chi connectivity index (χ0v) is 21.0. The summed E-state index contributed by atoms with van der Waals surface area (Å²) < 4.78 is 6.46. The molecule has 1 aliphatic heterocycles. The number of piperidine rings is 1. The van der Waals surface area contributed by atoms with Crippen molar-refractivity contribution < 1.29 is 14.3 Å². The van der Waals surface area contributed by atoms with Crippen LogP contribution in [0, 0.1) is 5.41 Å². The summed E-state index contributed by atoms with van der Waals surface area (Å²) in [6, 6.07) is 1.83. The van der Waals surface area contributed by atoms with Gasteiger partial charge in [-0.25, -0.2) is 19.3 Å². The zero-order valence-electron chi connectivity index (χ0n) is 20.2. The molecule has 0 aliphatic carbocycles. The maximum atomic E-state index is 13.4. The fourth-order valence-corrected chi connectivity index (χ4v) is 4.48. The number of hydrogen-bond acceptors (Lipinski definition) is 8. The topological polar surface area (TPSA) is 114 Å². The third-order valence-corrected chi connectivity index (χ3v) is 7.16. The second-order valence-corrected chi connectivity index (χ2v) is 10.5. The first-order valence-corrected chi connectivity index (χ1v) is 12.2. The highest BCUT2D eigenvalue weighted by molar-refractivity contribution is 7.16. The monoisotopic (exact) mass is 485 g/mol. The lowest BCUT2D eigenvalue weighted by atomic mass is 9.88. The SMILES string of the molecule is COC(=O)NC1CCN(C(=O)c2cc(NC(C)C(C)(C)C)nc(-c3cnn4ccsc34)n2)CC1. The standard InChI is InChI=1S/C23H31N7O3S/c1-14(23(2,3)4)25-18-12-17(20(31)29-8-6-15(7-9-29)26-22(32)33-5)27-19(28-18)16-13-24-30-10-11-34-21(16)30/h10-15H,6-9H2,1-5H3,(H,26,32)(H,25,27,28). The van der Waals surface area contributed by atoms with Crippen molar-refractivity contribution in [2.75, 3.05) is 25.5 Å². The lowest BCUT2D eigenvalue weighted by molar-refractivity contribution is 0.0698. The van der Waals surface area contributed by atoms with Crippen LogP contribution in [0.25, 0.3) is 16.2 Å². The molecule has 1 saturated heterocycles. The molecule has 10 nitrogen and oxygen atoms in total. The molecule has 3 aromatic heterocycles. The van der Waals surface area contributed by atoms with Crippen LogP contribution in [0.4, 0.5) is 10.6 Å². The van der Waals surface area contributed by atoms with E-state index >= 15 is 0 Å². The van der Waals surface area contributed by atoms with E-state index in [1.807, 2.05) is 11.6 Å². The van der Waals surface area contributed by atoms with Crippen molar-refractivity contribution in [1.82, 2.24) is 29.8 Å². The van der Waals surface area contributed by atoms with Gasteiger partial charge in [0.05, 0.1) is 18.9 Å². The first-order chi connectivity index (χ1) is 16.2. The molecule has 4 rings (SSSR count). The van der Waals surface area contributed by atoms with Crippen LogP contribution in [0.2, 0.25) is 0 Å². The Morgan fingerprint density at radius 3 is 2.65 bits per heavy atom. The molecular formula is C23H31N7O3S. The lowest BCUT2D eigenvalue weighted by Crippen LogP contribution is -2.46. The number of likely N-dealkylation sites (tertiary alicyclic amines) is 1. The van der Waals surface area contributed by atoms with Crippen LogP contribution in [0.1, 0.15) is 51.0 Å². The molecule has 11 heteroatoms. The molecule has 0 spiro atoms. The third-order valence-electron chi connectivity index (χ3n) is 6.27. The number of methoxy groups -OCH3 is 1. The highest BCUT2D eigenvalue weighted by atomic mass is 32.1. The van der Waals surface area contributed by atoms with E-state index in [-0.39, 0.29) is 23.4 Å². The van der Waals surface area contributed by atoms with E-state index in [9.17, 15) is 9.59 Å². The van der Waals surface area contributed by atoms with Gasteiger partial charge in [0.25, 0.3) is 5.91 Å². The van der Waals surface area contributed by atoms with E-state index in [1.54, 1.807) is 33.0 Å². The summed E-state index contributed by atoms with van der Waals surface area (Å²) in [5.74, 6) is 0.921. The van der Waals surface area contributed by atoms with Gasteiger partial charge < -0.3 is 20.3 Å². The Morgan fingerprint density at radius 1 is 1.24 bits per heavy atom. The van der Waals surface area contributed by atoms with E-state index < -0.39 is 6.09 Å². The molecule has 1 unspecified atom stereocenters. The molecule has 2 amide bonds. The molecule has 0 saturated carbocycles. The maximum absolute atomic E-state index is 13.4. The van der Waals surface area contributed by atoms with Crippen LogP contribution in [-0.2, 0) is 4.74 Å². The predicted molar refractivity (Wildman–Crippen MR) is 131 cm³/mol. The molecule has 182 valence electrons. The Hall–Kier alpha value is -3.21. The Bertz CT molecular complexity index is 1170. The fourth-order valence-electron chi connectivity index (χ4n) is 3.68. The lowest BCUT2D eigenvalue weighted by Gasteiger charge is -2.32. The van der Waals surface area contributed by atoms with Crippen molar-refractivity contribution >= 4 is 34.0 Å². The number of carbonyl (C=O) groups excluding carboxylic acids is 2. The van der Waals surface area contributed by atoms with Gasteiger partial charge >= 0.3 is 6.09 Å². The molecule has 1 fully saturated rings. The second kappa shape index (κ2) is 9.57. The number of ether oxygens (including phenoxy) is 1. The van der Waals surface area contributed by atoms with E-state index in [1.165, 1.54) is 7.11 Å². The molecule has 1 aliphatic rings. The Morgan fingerprint density at radius 2 is 1.97 bits per heavy atom. The number of rotatable bonds is 5. The van der Waals surface area contributed by atoms with Gasteiger partial charge in [-0.15, -0.1) is 11.3 Å². The van der Waals surface area contributed by atoms with Gasteiger partial charge in [-0.05, 0) is 25.2 Å². The Balaban J connectivity index is 1.61. The van der Waals surface area contributed by atoms with Gasteiger partial charge in [-0.1, -0.05) is 20.8 Å². The van der Waals surface area contributed by atoms with Gasteiger partial charge in [-0.2, -0.15) is 5.10 Å². The van der Waals surface area contributed by atoms with Crippen molar-refractivity contribution in [2.24, 2.45) is 5.41 Å². The molecule has 2 N–H and O–H groups in total. The number of carbonyl (C=O) groups is 2. The molecule has 4 heterocycles. The molecule has 3 aromatic rings. The average molecular weight is 486 g/mol. The molecule has 0 bridgehead atoms.